The summed E-state index contributed by atoms with van der Waals surface area (Å²) in [5, 5.41) is 12.1. The van der Waals surface area contributed by atoms with Crippen molar-refractivity contribution in [2.75, 3.05) is 13.2 Å². The molecule has 0 aliphatic heterocycles. The lowest BCUT2D eigenvalue weighted by Gasteiger charge is -2.22. The molecule has 0 aliphatic rings. The van der Waals surface area contributed by atoms with Crippen molar-refractivity contribution in [2.45, 2.75) is 32.2 Å². The van der Waals surface area contributed by atoms with E-state index in [2.05, 4.69) is 11.4 Å². The van der Waals surface area contributed by atoms with Crippen LogP contribution < -0.4 is 10.1 Å². The van der Waals surface area contributed by atoms with Crippen LogP contribution in [0.3, 0.4) is 0 Å². The zero-order chi connectivity index (χ0) is 14.3. The highest BCUT2D eigenvalue weighted by Gasteiger charge is 2.21. The molecule has 19 heavy (non-hydrogen) atoms. The van der Waals surface area contributed by atoms with Gasteiger partial charge in [-0.3, -0.25) is 5.32 Å². The number of rotatable bonds is 7. The van der Waals surface area contributed by atoms with Crippen LogP contribution in [0.15, 0.2) is 18.2 Å². The van der Waals surface area contributed by atoms with Gasteiger partial charge in [-0.05, 0) is 38.4 Å². The van der Waals surface area contributed by atoms with Crippen LogP contribution in [0.4, 0.5) is 8.78 Å². The van der Waals surface area contributed by atoms with Crippen molar-refractivity contribution in [2.24, 2.45) is 0 Å². The van der Waals surface area contributed by atoms with Gasteiger partial charge in [-0.2, -0.15) is 5.26 Å². The molecule has 5 heteroatoms. The topological polar surface area (TPSA) is 45.0 Å². The molecule has 0 aromatic heterocycles. The Morgan fingerprint density at radius 2 is 2.16 bits per heavy atom. The van der Waals surface area contributed by atoms with E-state index in [1.807, 2.05) is 13.8 Å². The summed E-state index contributed by atoms with van der Waals surface area (Å²) in [6.45, 7) is 4.73. The van der Waals surface area contributed by atoms with Crippen molar-refractivity contribution in [3.63, 3.8) is 0 Å². The molecule has 0 bridgehead atoms. The molecule has 1 unspecified atom stereocenters. The molecule has 0 saturated heterocycles. The molecular weight excluding hydrogens is 250 g/mol. The van der Waals surface area contributed by atoms with E-state index in [0.29, 0.717) is 19.4 Å². The molecule has 0 radical (unpaired) electrons. The smallest absolute Gasteiger partial charge is 0.167 e. The second-order valence-electron chi connectivity index (χ2n) is 4.50. The molecule has 1 aromatic rings. The van der Waals surface area contributed by atoms with Crippen molar-refractivity contribution in [1.29, 1.82) is 5.26 Å². The van der Waals surface area contributed by atoms with Crippen LogP contribution in [0.25, 0.3) is 0 Å². The van der Waals surface area contributed by atoms with E-state index in [4.69, 9.17) is 10.00 Å². The van der Waals surface area contributed by atoms with Gasteiger partial charge < -0.3 is 4.74 Å². The molecule has 1 rings (SSSR count). The fraction of sp³-hybridized carbons (Fsp3) is 0.500. The van der Waals surface area contributed by atoms with Crippen LogP contribution in [0, 0.1) is 23.0 Å². The number of ether oxygens (including phenoxy) is 1. The Hall–Kier alpha value is -1.67. The monoisotopic (exact) mass is 268 g/mol. The zero-order valence-corrected chi connectivity index (χ0v) is 11.2. The fourth-order valence-electron chi connectivity index (χ4n) is 1.77. The predicted octanol–water partition coefficient (Wildman–Crippen LogP) is 3.02. The van der Waals surface area contributed by atoms with Crippen molar-refractivity contribution in [3.05, 3.63) is 29.8 Å². The average Bonchev–Trinajstić information content (AvgIpc) is 2.37. The summed E-state index contributed by atoms with van der Waals surface area (Å²) >= 11 is 0. The molecular formula is C14H18F2N2O. The van der Waals surface area contributed by atoms with Crippen LogP contribution in [0.5, 0.6) is 5.75 Å². The zero-order valence-electron chi connectivity index (χ0n) is 11.2. The van der Waals surface area contributed by atoms with Gasteiger partial charge in [0, 0.05) is 6.07 Å². The SMILES string of the molecule is CCNC(C)(C#N)CCCOc1ccc(F)cc1F. The fourth-order valence-corrected chi connectivity index (χ4v) is 1.77. The second kappa shape index (κ2) is 7.05. The van der Waals surface area contributed by atoms with E-state index in [9.17, 15) is 8.78 Å². The molecule has 0 saturated carbocycles. The van der Waals surface area contributed by atoms with Gasteiger partial charge in [0.05, 0.1) is 12.7 Å². The maximum absolute atomic E-state index is 13.3. The largest absolute Gasteiger partial charge is 0.491 e. The highest BCUT2D eigenvalue weighted by atomic mass is 19.1. The minimum absolute atomic E-state index is 0.0310. The van der Waals surface area contributed by atoms with E-state index in [-0.39, 0.29) is 12.4 Å². The van der Waals surface area contributed by atoms with Gasteiger partial charge in [-0.25, -0.2) is 8.78 Å². The highest BCUT2D eigenvalue weighted by Crippen LogP contribution is 2.18. The van der Waals surface area contributed by atoms with Gasteiger partial charge in [-0.1, -0.05) is 6.92 Å². The first-order valence-corrected chi connectivity index (χ1v) is 6.25. The lowest BCUT2D eigenvalue weighted by atomic mass is 9.98. The molecule has 3 nitrogen and oxygen atoms in total. The Bertz CT molecular complexity index is 459. The summed E-state index contributed by atoms with van der Waals surface area (Å²) in [6, 6.07) is 5.40. The summed E-state index contributed by atoms with van der Waals surface area (Å²) in [5.74, 6) is -1.31. The van der Waals surface area contributed by atoms with Gasteiger partial charge in [0.15, 0.2) is 11.6 Å². The van der Waals surface area contributed by atoms with Gasteiger partial charge in [0.25, 0.3) is 0 Å². The van der Waals surface area contributed by atoms with Crippen molar-refractivity contribution < 1.29 is 13.5 Å². The Morgan fingerprint density at radius 3 is 2.74 bits per heavy atom. The normalized spacial score (nSPS) is 13.6. The molecule has 1 N–H and O–H groups in total. The lowest BCUT2D eigenvalue weighted by Crippen LogP contribution is -2.40. The molecule has 0 aliphatic carbocycles. The van der Waals surface area contributed by atoms with E-state index in [0.717, 1.165) is 12.1 Å². The summed E-state index contributed by atoms with van der Waals surface area (Å²) in [7, 11) is 0. The Kier molecular flexibility index (Phi) is 5.71. The summed E-state index contributed by atoms with van der Waals surface area (Å²) in [4.78, 5) is 0. The van der Waals surface area contributed by atoms with E-state index < -0.39 is 17.2 Å². The number of nitrogens with one attached hydrogen (secondary N) is 1. The van der Waals surface area contributed by atoms with E-state index in [1.165, 1.54) is 6.07 Å². The molecule has 0 fully saturated rings. The number of benzene rings is 1. The van der Waals surface area contributed by atoms with Crippen molar-refractivity contribution in [3.8, 4) is 11.8 Å². The number of nitriles is 1. The van der Waals surface area contributed by atoms with Gasteiger partial charge in [-0.15, -0.1) is 0 Å². The van der Waals surface area contributed by atoms with Crippen LogP contribution in [0.1, 0.15) is 26.7 Å². The van der Waals surface area contributed by atoms with Crippen LogP contribution in [-0.4, -0.2) is 18.7 Å². The van der Waals surface area contributed by atoms with Gasteiger partial charge in [0.2, 0.25) is 0 Å². The van der Waals surface area contributed by atoms with Crippen LogP contribution in [0.2, 0.25) is 0 Å². The van der Waals surface area contributed by atoms with Crippen LogP contribution >= 0.6 is 0 Å². The Balaban J connectivity index is 2.41. The quantitative estimate of drug-likeness (QED) is 0.773. The summed E-state index contributed by atoms with van der Waals surface area (Å²) in [6.07, 6.45) is 1.20. The molecule has 1 atom stereocenters. The first-order valence-electron chi connectivity index (χ1n) is 6.25. The number of nitrogens with zero attached hydrogens (tertiary/aromatic N) is 1. The molecule has 1 aromatic carbocycles. The number of hydrogen-bond acceptors (Lipinski definition) is 3. The first kappa shape index (κ1) is 15.4. The third-order valence-electron chi connectivity index (χ3n) is 2.79. The van der Waals surface area contributed by atoms with E-state index in [1.54, 1.807) is 0 Å². The number of halogens is 2. The standard InChI is InChI=1S/C14H18F2N2O/c1-3-18-14(2,10-17)7-4-8-19-13-6-5-11(15)9-12(13)16/h5-6,9,18H,3-4,7-8H2,1-2H3. The molecule has 0 amide bonds. The Labute approximate surface area is 112 Å². The average molecular weight is 268 g/mol. The minimum Gasteiger partial charge on any atom is -0.491 e. The maximum atomic E-state index is 13.3. The van der Waals surface area contributed by atoms with E-state index >= 15 is 0 Å². The summed E-state index contributed by atoms with van der Waals surface area (Å²) in [5.41, 5.74) is -0.598. The maximum Gasteiger partial charge on any atom is 0.167 e. The first-order chi connectivity index (χ1) is 9.00. The van der Waals surface area contributed by atoms with Crippen molar-refractivity contribution in [1.82, 2.24) is 5.32 Å². The van der Waals surface area contributed by atoms with Gasteiger partial charge >= 0.3 is 0 Å². The summed E-state index contributed by atoms with van der Waals surface area (Å²) < 4.78 is 31.2. The van der Waals surface area contributed by atoms with Gasteiger partial charge in [0.1, 0.15) is 11.4 Å². The third kappa shape index (κ3) is 4.84. The third-order valence-corrected chi connectivity index (χ3v) is 2.79. The molecule has 0 heterocycles. The number of hydrogen-bond donors (Lipinski definition) is 1. The van der Waals surface area contributed by atoms with Crippen molar-refractivity contribution >= 4 is 0 Å². The lowest BCUT2D eigenvalue weighted by molar-refractivity contribution is 0.274. The minimum atomic E-state index is -0.713. The Morgan fingerprint density at radius 1 is 1.42 bits per heavy atom. The highest BCUT2D eigenvalue weighted by molar-refractivity contribution is 5.24. The second-order valence-corrected chi connectivity index (χ2v) is 4.50. The van der Waals surface area contributed by atoms with Crippen LogP contribution in [-0.2, 0) is 0 Å². The predicted molar refractivity (Wildman–Crippen MR) is 68.8 cm³/mol. The molecule has 104 valence electrons. The molecule has 0 spiro atoms.